The van der Waals surface area contributed by atoms with Crippen LogP contribution in [0.3, 0.4) is 0 Å². The lowest BCUT2D eigenvalue weighted by atomic mass is 9.53. The molecule has 1 saturated heterocycles. The number of carbonyl (C=O) groups is 1. The molecule has 120 valence electrons. The Morgan fingerprint density at radius 1 is 1.27 bits per heavy atom. The van der Waals surface area contributed by atoms with Gasteiger partial charge in [-0.1, -0.05) is 12.1 Å². The van der Waals surface area contributed by atoms with E-state index in [0.29, 0.717) is 0 Å². The molecule has 2 fully saturated rings. The molecule has 1 saturated carbocycles. The third-order valence-electron chi connectivity index (χ3n) is 5.66. The van der Waals surface area contributed by atoms with Crippen LogP contribution in [-0.4, -0.2) is 41.2 Å². The monoisotopic (exact) mass is 303 g/mol. The lowest BCUT2D eigenvalue weighted by Gasteiger charge is -2.58. The number of piperidine rings is 1. The van der Waals surface area contributed by atoms with Crippen molar-refractivity contribution in [3.8, 4) is 5.75 Å². The fourth-order valence-corrected chi connectivity index (χ4v) is 3.75. The van der Waals surface area contributed by atoms with Crippen LogP contribution in [-0.2, 0) is 4.79 Å². The van der Waals surface area contributed by atoms with Crippen LogP contribution < -0.4 is 4.74 Å². The zero-order valence-corrected chi connectivity index (χ0v) is 13.5. The molecular formula is C18H25NO3. The smallest absolute Gasteiger partial charge is 0.260 e. The zero-order valence-electron chi connectivity index (χ0n) is 13.5. The average Bonchev–Trinajstić information content (AvgIpc) is 2.52. The van der Waals surface area contributed by atoms with Gasteiger partial charge in [-0.05, 0) is 57.2 Å². The number of rotatable bonds is 3. The van der Waals surface area contributed by atoms with E-state index >= 15 is 0 Å². The normalized spacial score (nSPS) is 26.6. The summed E-state index contributed by atoms with van der Waals surface area (Å²) >= 11 is 0. The van der Waals surface area contributed by atoms with Gasteiger partial charge in [0.15, 0.2) is 6.61 Å². The summed E-state index contributed by atoms with van der Waals surface area (Å²) in [7, 11) is 0. The molecule has 3 rings (SSSR count). The van der Waals surface area contributed by atoms with Gasteiger partial charge in [-0.2, -0.15) is 0 Å². The van der Waals surface area contributed by atoms with E-state index in [2.05, 4.69) is 0 Å². The summed E-state index contributed by atoms with van der Waals surface area (Å²) in [4.78, 5) is 14.1. The number of likely N-dealkylation sites (tertiary alicyclic amines) is 1. The molecule has 0 bridgehead atoms. The predicted octanol–water partition coefficient (Wildman–Crippen LogP) is 2.53. The first-order valence-electron chi connectivity index (χ1n) is 8.12. The van der Waals surface area contributed by atoms with E-state index in [-0.39, 0.29) is 17.9 Å². The van der Waals surface area contributed by atoms with Crippen molar-refractivity contribution in [2.24, 2.45) is 5.41 Å². The van der Waals surface area contributed by atoms with Gasteiger partial charge in [-0.15, -0.1) is 0 Å². The van der Waals surface area contributed by atoms with Gasteiger partial charge in [0.05, 0.1) is 5.60 Å². The molecule has 1 aliphatic carbocycles. The van der Waals surface area contributed by atoms with E-state index < -0.39 is 5.60 Å². The molecule has 2 aliphatic rings. The summed E-state index contributed by atoms with van der Waals surface area (Å²) in [5.41, 5.74) is 0.624. The number of hydrogen-bond acceptors (Lipinski definition) is 3. The van der Waals surface area contributed by atoms with Gasteiger partial charge in [-0.25, -0.2) is 0 Å². The minimum absolute atomic E-state index is 0.0373. The molecule has 1 spiro atoms. The van der Waals surface area contributed by atoms with E-state index in [0.717, 1.165) is 50.1 Å². The van der Waals surface area contributed by atoms with Crippen molar-refractivity contribution in [1.29, 1.82) is 0 Å². The quantitative estimate of drug-likeness (QED) is 0.933. The third-order valence-corrected chi connectivity index (χ3v) is 5.66. The number of carbonyl (C=O) groups excluding carboxylic acids is 1. The van der Waals surface area contributed by atoms with Crippen molar-refractivity contribution >= 4 is 5.91 Å². The van der Waals surface area contributed by atoms with Crippen LogP contribution in [0.1, 0.15) is 38.2 Å². The number of nitrogens with zero attached hydrogens (tertiary/aromatic N) is 1. The van der Waals surface area contributed by atoms with Crippen LogP contribution in [0.2, 0.25) is 0 Å². The fraction of sp³-hybridized carbons (Fsp3) is 0.611. The van der Waals surface area contributed by atoms with E-state index in [4.69, 9.17) is 4.74 Å². The van der Waals surface area contributed by atoms with E-state index in [1.54, 1.807) is 0 Å². The molecule has 1 heterocycles. The third kappa shape index (κ3) is 2.72. The first kappa shape index (κ1) is 15.3. The second-order valence-electron chi connectivity index (χ2n) is 7.04. The highest BCUT2D eigenvalue weighted by Crippen LogP contribution is 2.56. The molecule has 1 unspecified atom stereocenters. The number of amides is 1. The number of aryl methyl sites for hydroxylation is 1. The predicted molar refractivity (Wildman–Crippen MR) is 84.8 cm³/mol. The van der Waals surface area contributed by atoms with Crippen LogP contribution in [0.5, 0.6) is 5.75 Å². The van der Waals surface area contributed by atoms with E-state index in [1.807, 2.05) is 43.0 Å². The van der Waals surface area contributed by atoms with Gasteiger partial charge in [0, 0.05) is 18.5 Å². The zero-order chi connectivity index (χ0) is 15.8. The minimum Gasteiger partial charge on any atom is -0.484 e. The van der Waals surface area contributed by atoms with Crippen LogP contribution in [0.4, 0.5) is 0 Å². The topological polar surface area (TPSA) is 49.8 Å². The summed E-state index contributed by atoms with van der Waals surface area (Å²) in [6.07, 6.45) is 3.77. The van der Waals surface area contributed by atoms with Crippen molar-refractivity contribution in [2.75, 3.05) is 19.7 Å². The van der Waals surface area contributed by atoms with Gasteiger partial charge in [-0.3, -0.25) is 4.79 Å². The highest BCUT2D eigenvalue weighted by atomic mass is 16.5. The highest BCUT2D eigenvalue weighted by Gasteiger charge is 2.55. The van der Waals surface area contributed by atoms with Gasteiger partial charge < -0.3 is 14.7 Å². The maximum absolute atomic E-state index is 12.3. The Hall–Kier alpha value is -1.55. The molecule has 4 heteroatoms. The molecule has 0 radical (unpaired) electrons. The standard InChI is InChI=1S/C18H25NO3/c1-14-4-3-5-15(12-14)22-13-16(20)19-10-8-18(9-11-19)7-6-17(18,2)21/h3-5,12,21H,6-11,13H2,1-2H3. The van der Waals surface area contributed by atoms with Crippen LogP contribution in [0.25, 0.3) is 0 Å². The summed E-state index contributed by atoms with van der Waals surface area (Å²) < 4.78 is 5.59. The summed E-state index contributed by atoms with van der Waals surface area (Å²) in [6, 6.07) is 7.74. The Morgan fingerprint density at radius 2 is 2.00 bits per heavy atom. The van der Waals surface area contributed by atoms with Gasteiger partial charge in [0.1, 0.15) is 5.75 Å². The van der Waals surface area contributed by atoms with Crippen molar-refractivity contribution in [1.82, 2.24) is 4.90 Å². The molecule has 22 heavy (non-hydrogen) atoms. The second kappa shape index (κ2) is 5.58. The Labute approximate surface area is 132 Å². The molecular weight excluding hydrogens is 278 g/mol. The molecule has 0 aromatic heterocycles. The van der Waals surface area contributed by atoms with Crippen LogP contribution >= 0.6 is 0 Å². The van der Waals surface area contributed by atoms with Gasteiger partial charge in [0.25, 0.3) is 5.91 Å². The van der Waals surface area contributed by atoms with Crippen molar-refractivity contribution in [2.45, 2.75) is 45.1 Å². The molecule has 1 N–H and O–H groups in total. The van der Waals surface area contributed by atoms with Gasteiger partial charge in [0.2, 0.25) is 0 Å². The fourth-order valence-electron chi connectivity index (χ4n) is 3.75. The Morgan fingerprint density at radius 3 is 2.55 bits per heavy atom. The van der Waals surface area contributed by atoms with Crippen molar-refractivity contribution in [3.63, 3.8) is 0 Å². The molecule has 1 aromatic carbocycles. The number of benzene rings is 1. The van der Waals surface area contributed by atoms with Crippen molar-refractivity contribution in [3.05, 3.63) is 29.8 Å². The summed E-state index contributed by atoms with van der Waals surface area (Å²) in [5.74, 6) is 0.777. The SMILES string of the molecule is Cc1cccc(OCC(=O)N2CCC3(CC2)CCC3(C)O)c1. The Balaban J connectivity index is 1.50. The maximum Gasteiger partial charge on any atom is 0.260 e. The lowest BCUT2D eigenvalue weighted by Crippen LogP contribution is -2.60. The van der Waals surface area contributed by atoms with Crippen LogP contribution in [0.15, 0.2) is 24.3 Å². The Kier molecular flexibility index (Phi) is 3.89. The van der Waals surface area contributed by atoms with Crippen LogP contribution in [0, 0.1) is 12.3 Å². The number of ether oxygens (including phenoxy) is 1. The molecule has 4 nitrogen and oxygen atoms in total. The summed E-state index contributed by atoms with van der Waals surface area (Å²) in [6.45, 7) is 5.49. The lowest BCUT2D eigenvalue weighted by molar-refractivity contribution is -0.180. The molecule has 1 amide bonds. The average molecular weight is 303 g/mol. The van der Waals surface area contributed by atoms with E-state index in [1.165, 1.54) is 0 Å². The van der Waals surface area contributed by atoms with E-state index in [9.17, 15) is 9.90 Å². The minimum atomic E-state index is -0.541. The first-order valence-corrected chi connectivity index (χ1v) is 8.12. The number of aliphatic hydroxyl groups is 1. The Bertz CT molecular complexity index is 559. The van der Waals surface area contributed by atoms with Gasteiger partial charge >= 0.3 is 0 Å². The molecule has 1 aliphatic heterocycles. The van der Waals surface area contributed by atoms with Crippen molar-refractivity contribution < 1.29 is 14.6 Å². The molecule has 1 aromatic rings. The largest absolute Gasteiger partial charge is 0.484 e. The maximum atomic E-state index is 12.3. The number of hydrogen-bond donors (Lipinski definition) is 1. The second-order valence-corrected chi connectivity index (χ2v) is 7.04. The molecule has 1 atom stereocenters. The first-order chi connectivity index (χ1) is 10.4. The highest BCUT2D eigenvalue weighted by molar-refractivity contribution is 5.77. The summed E-state index contributed by atoms with van der Waals surface area (Å²) in [5, 5.41) is 10.4.